The molecule has 8 heteroatoms. The Morgan fingerprint density at radius 3 is 2.73 bits per heavy atom. The molecule has 7 nitrogen and oxygen atoms in total. The summed E-state index contributed by atoms with van der Waals surface area (Å²) < 4.78 is 5.46. The Bertz CT molecular complexity index is 837. The van der Waals surface area contributed by atoms with E-state index in [1.807, 2.05) is 18.4 Å². The number of anilines is 1. The summed E-state index contributed by atoms with van der Waals surface area (Å²) in [6, 6.07) is 10.0. The second-order valence-electron chi connectivity index (χ2n) is 5.90. The van der Waals surface area contributed by atoms with E-state index in [-0.39, 0.29) is 6.54 Å². The SMILES string of the molecule is CCOc1ccccc1NC(=O)CN1C(=O)N[C@@](C)(c2cccs2)C1=O. The molecule has 2 heterocycles. The number of thiophene rings is 1. The third kappa shape index (κ3) is 3.28. The van der Waals surface area contributed by atoms with E-state index in [0.29, 0.717) is 18.0 Å². The highest BCUT2D eigenvalue weighted by atomic mass is 32.1. The minimum absolute atomic E-state index is 0.369. The fourth-order valence-corrected chi connectivity index (χ4v) is 3.59. The van der Waals surface area contributed by atoms with Gasteiger partial charge in [0.05, 0.1) is 12.3 Å². The summed E-state index contributed by atoms with van der Waals surface area (Å²) in [5, 5.41) is 7.20. The number of rotatable bonds is 6. The van der Waals surface area contributed by atoms with E-state index in [4.69, 9.17) is 4.74 Å². The summed E-state index contributed by atoms with van der Waals surface area (Å²) in [7, 11) is 0. The average Bonchev–Trinajstić information content (AvgIpc) is 3.22. The second kappa shape index (κ2) is 7.17. The van der Waals surface area contributed by atoms with Crippen molar-refractivity contribution in [3.8, 4) is 5.75 Å². The first-order valence-corrected chi connectivity index (χ1v) is 9.03. The van der Waals surface area contributed by atoms with Crippen LogP contribution in [0.5, 0.6) is 5.75 Å². The Kier molecular flexibility index (Phi) is 4.94. The smallest absolute Gasteiger partial charge is 0.325 e. The average molecular weight is 373 g/mol. The van der Waals surface area contributed by atoms with E-state index in [1.165, 1.54) is 11.3 Å². The number of nitrogens with zero attached hydrogens (tertiary/aromatic N) is 1. The standard InChI is InChI=1S/C18H19N3O4S/c1-3-25-13-8-5-4-7-12(13)19-15(22)11-21-16(23)18(2,20-17(21)24)14-9-6-10-26-14/h4-10H,3,11H2,1-2H3,(H,19,22)(H,20,24)/t18-/m0/s1. The van der Waals surface area contributed by atoms with Gasteiger partial charge in [0, 0.05) is 4.88 Å². The number of hydrogen-bond donors (Lipinski definition) is 2. The van der Waals surface area contributed by atoms with Crippen molar-refractivity contribution in [1.82, 2.24) is 10.2 Å². The van der Waals surface area contributed by atoms with Gasteiger partial charge < -0.3 is 15.4 Å². The molecule has 3 rings (SSSR count). The Morgan fingerprint density at radius 2 is 2.04 bits per heavy atom. The van der Waals surface area contributed by atoms with Gasteiger partial charge in [0.2, 0.25) is 5.91 Å². The maximum absolute atomic E-state index is 12.7. The van der Waals surface area contributed by atoms with Crippen LogP contribution in [0.1, 0.15) is 18.7 Å². The van der Waals surface area contributed by atoms with E-state index >= 15 is 0 Å². The van der Waals surface area contributed by atoms with Crippen LogP contribution in [0.15, 0.2) is 41.8 Å². The van der Waals surface area contributed by atoms with Gasteiger partial charge in [-0.05, 0) is 37.4 Å². The van der Waals surface area contributed by atoms with E-state index in [9.17, 15) is 14.4 Å². The lowest BCUT2D eigenvalue weighted by molar-refractivity contribution is -0.133. The van der Waals surface area contributed by atoms with E-state index in [1.54, 1.807) is 37.3 Å². The molecule has 4 amide bonds. The summed E-state index contributed by atoms with van der Waals surface area (Å²) >= 11 is 1.38. The zero-order valence-corrected chi connectivity index (χ0v) is 15.3. The summed E-state index contributed by atoms with van der Waals surface area (Å²) in [4.78, 5) is 39.0. The topological polar surface area (TPSA) is 87.7 Å². The van der Waals surface area contributed by atoms with Crippen LogP contribution in [0.3, 0.4) is 0 Å². The number of hydrogen-bond acceptors (Lipinski definition) is 5. The van der Waals surface area contributed by atoms with Crippen LogP contribution in [0.4, 0.5) is 10.5 Å². The zero-order chi connectivity index (χ0) is 18.7. The Labute approximate surface area is 155 Å². The fraction of sp³-hybridized carbons (Fsp3) is 0.278. The molecule has 136 valence electrons. The molecule has 1 aliphatic heterocycles. The maximum atomic E-state index is 12.7. The molecule has 26 heavy (non-hydrogen) atoms. The van der Waals surface area contributed by atoms with Crippen molar-refractivity contribution in [1.29, 1.82) is 0 Å². The third-order valence-corrected chi connectivity index (χ3v) is 5.14. The molecule has 0 radical (unpaired) electrons. The van der Waals surface area contributed by atoms with Crippen molar-refractivity contribution in [3.63, 3.8) is 0 Å². The number of benzene rings is 1. The van der Waals surface area contributed by atoms with Crippen molar-refractivity contribution in [2.45, 2.75) is 19.4 Å². The lowest BCUT2D eigenvalue weighted by Crippen LogP contribution is -2.41. The Hall–Kier alpha value is -2.87. The van der Waals surface area contributed by atoms with Gasteiger partial charge in [0.25, 0.3) is 5.91 Å². The van der Waals surface area contributed by atoms with Gasteiger partial charge in [-0.3, -0.25) is 14.5 Å². The Balaban J connectivity index is 1.72. The van der Waals surface area contributed by atoms with Gasteiger partial charge in [0.1, 0.15) is 12.3 Å². The number of imide groups is 1. The van der Waals surface area contributed by atoms with E-state index in [2.05, 4.69) is 10.6 Å². The highest BCUT2D eigenvalue weighted by Crippen LogP contribution is 2.32. The van der Waals surface area contributed by atoms with Crippen molar-refractivity contribution < 1.29 is 19.1 Å². The molecule has 1 aromatic carbocycles. The van der Waals surface area contributed by atoms with Gasteiger partial charge in [-0.2, -0.15) is 0 Å². The number of nitrogens with one attached hydrogen (secondary N) is 2. The monoisotopic (exact) mass is 373 g/mol. The molecule has 1 aliphatic rings. The van der Waals surface area contributed by atoms with Crippen LogP contribution in [0.25, 0.3) is 0 Å². The van der Waals surface area contributed by atoms with Gasteiger partial charge in [0.15, 0.2) is 5.54 Å². The normalized spacial score (nSPS) is 19.4. The number of para-hydroxylation sites is 2. The van der Waals surface area contributed by atoms with Gasteiger partial charge in [-0.1, -0.05) is 18.2 Å². The summed E-state index contributed by atoms with van der Waals surface area (Å²) in [5.74, 6) is -0.391. The number of urea groups is 1. The summed E-state index contributed by atoms with van der Waals surface area (Å²) in [5.41, 5.74) is -0.651. The number of amides is 4. The van der Waals surface area contributed by atoms with Crippen molar-refractivity contribution in [2.75, 3.05) is 18.5 Å². The molecule has 1 fully saturated rings. The molecule has 1 atom stereocenters. The largest absolute Gasteiger partial charge is 0.492 e. The number of carbonyl (C=O) groups excluding carboxylic acids is 3. The molecular formula is C18H19N3O4S. The van der Waals surface area contributed by atoms with Crippen molar-refractivity contribution in [3.05, 3.63) is 46.7 Å². The number of ether oxygens (including phenoxy) is 1. The lowest BCUT2D eigenvalue weighted by Gasteiger charge is -2.20. The first kappa shape index (κ1) is 17.9. The van der Waals surface area contributed by atoms with Crippen LogP contribution in [0.2, 0.25) is 0 Å². The molecule has 0 bridgehead atoms. The summed E-state index contributed by atoms with van der Waals surface area (Å²) in [6.07, 6.45) is 0. The molecular weight excluding hydrogens is 354 g/mol. The molecule has 2 aromatic rings. The van der Waals surface area contributed by atoms with Crippen molar-refractivity contribution in [2.24, 2.45) is 0 Å². The van der Waals surface area contributed by atoms with E-state index < -0.39 is 23.4 Å². The zero-order valence-electron chi connectivity index (χ0n) is 14.4. The highest BCUT2D eigenvalue weighted by molar-refractivity contribution is 7.10. The minimum atomic E-state index is -1.14. The number of carbonyl (C=O) groups is 3. The molecule has 0 spiro atoms. The quantitative estimate of drug-likeness (QED) is 0.762. The predicted octanol–water partition coefficient (Wildman–Crippen LogP) is 2.55. The van der Waals surface area contributed by atoms with E-state index in [0.717, 1.165) is 9.78 Å². The maximum Gasteiger partial charge on any atom is 0.325 e. The third-order valence-electron chi connectivity index (χ3n) is 4.05. The molecule has 0 aliphatic carbocycles. The first-order chi connectivity index (χ1) is 12.5. The fourth-order valence-electron chi connectivity index (χ4n) is 2.76. The molecule has 1 saturated heterocycles. The highest BCUT2D eigenvalue weighted by Gasteiger charge is 2.50. The van der Waals surface area contributed by atoms with Crippen LogP contribution in [0, 0.1) is 0 Å². The predicted molar refractivity (Wildman–Crippen MR) is 98.2 cm³/mol. The van der Waals surface area contributed by atoms with Crippen LogP contribution in [-0.2, 0) is 15.1 Å². The van der Waals surface area contributed by atoms with Crippen LogP contribution < -0.4 is 15.4 Å². The molecule has 0 unspecified atom stereocenters. The lowest BCUT2D eigenvalue weighted by atomic mass is 10.0. The van der Waals surface area contributed by atoms with Crippen LogP contribution in [-0.4, -0.2) is 35.9 Å². The molecule has 0 saturated carbocycles. The van der Waals surface area contributed by atoms with Gasteiger partial charge >= 0.3 is 6.03 Å². The van der Waals surface area contributed by atoms with Crippen molar-refractivity contribution >= 4 is 34.9 Å². The molecule has 1 aromatic heterocycles. The van der Waals surface area contributed by atoms with Gasteiger partial charge in [-0.25, -0.2) is 4.79 Å². The van der Waals surface area contributed by atoms with Crippen LogP contribution >= 0.6 is 11.3 Å². The summed E-state index contributed by atoms with van der Waals surface area (Å²) in [6.45, 7) is 3.57. The molecule has 2 N–H and O–H groups in total. The second-order valence-corrected chi connectivity index (χ2v) is 6.85. The Morgan fingerprint density at radius 1 is 1.27 bits per heavy atom. The first-order valence-electron chi connectivity index (χ1n) is 8.15. The minimum Gasteiger partial charge on any atom is -0.492 e. The van der Waals surface area contributed by atoms with Gasteiger partial charge in [-0.15, -0.1) is 11.3 Å².